The van der Waals surface area contributed by atoms with Gasteiger partial charge in [-0.2, -0.15) is 0 Å². The van der Waals surface area contributed by atoms with Crippen molar-refractivity contribution in [1.82, 2.24) is 0 Å². The van der Waals surface area contributed by atoms with E-state index in [1.54, 1.807) is 6.92 Å². The monoisotopic (exact) mass is 176 g/mol. The Morgan fingerprint density at radius 1 is 1.42 bits per heavy atom. The van der Waals surface area contributed by atoms with E-state index in [0.717, 1.165) is 0 Å². The Morgan fingerprint density at radius 2 is 2.08 bits per heavy atom. The molecule has 1 aliphatic rings. The summed E-state index contributed by atoms with van der Waals surface area (Å²) >= 11 is 0. The van der Waals surface area contributed by atoms with Crippen molar-refractivity contribution in [3.63, 3.8) is 0 Å². The van der Waals surface area contributed by atoms with Crippen LogP contribution in [0.2, 0.25) is 0 Å². The first kappa shape index (κ1) is 9.92. The van der Waals surface area contributed by atoms with E-state index in [1.165, 1.54) is 0 Å². The molecule has 4 heteroatoms. The maximum absolute atomic E-state index is 8.96. The number of aliphatic hydroxyl groups is 1. The fourth-order valence-electron chi connectivity index (χ4n) is 1.20. The van der Waals surface area contributed by atoms with E-state index in [0.29, 0.717) is 19.4 Å². The Balaban J connectivity index is 2.49. The normalized spacial score (nSPS) is 43.0. The third-order valence-electron chi connectivity index (χ3n) is 2.46. The van der Waals surface area contributed by atoms with Crippen LogP contribution in [0.5, 0.6) is 0 Å². The predicted molar refractivity (Wildman–Crippen MR) is 42.8 cm³/mol. The zero-order valence-electron chi connectivity index (χ0n) is 7.54. The lowest BCUT2D eigenvalue weighted by atomic mass is 9.89. The minimum absolute atomic E-state index is 0.00844. The van der Waals surface area contributed by atoms with Crippen molar-refractivity contribution in [2.45, 2.75) is 37.9 Å². The molecule has 1 rings (SSSR count). The van der Waals surface area contributed by atoms with Gasteiger partial charge in [0.05, 0.1) is 18.8 Å². The average molecular weight is 176 g/mol. The molecule has 0 saturated carbocycles. The quantitative estimate of drug-likeness (QED) is 0.482. The van der Waals surface area contributed by atoms with Crippen LogP contribution in [0, 0.1) is 0 Å². The molecular weight excluding hydrogens is 160 g/mol. The van der Waals surface area contributed by atoms with Crippen molar-refractivity contribution in [2.75, 3.05) is 13.2 Å². The van der Waals surface area contributed by atoms with Gasteiger partial charge in [0.1, 0.15) is 5.60 Å². The molecule has 1 heterocycles. The van der Waals surface area contributed by atoms with Crippen LogP contribution in [0.4, 0.5) is 0 Å². The van der Waals surface area contributed by atoms with Crippen LogP contribution < -0.4 is 0 Å². The van der Waals surface area contributed by atoms with Gasteiger partial charge in [-0.05, 0) is 26.7 Å². The van der Waals surface area contributed by atoms with E-state index in [1.807, 2.05) is 6.92 Å². The number of aliphatic hydroxyl groups excluding tert-OH is 1. The Labute approximate surface area is 72.0 Å². The summed E-state index contributed by atoms with van der Waals surface area (Å²) in [5.41, 5.74) is -1.06. The van der Waals surface area contributed by atoms with E-state index in [4.69, 9.17) is 15.1 Å². The molecule has 12 heavy (non-hydrogen) atoms. The summed E-state index contributed by atoms with van der Waals surface area (Å²) in [7, 11) is 0. The fourth-order valence-corrected chi connectivity index (χ4v) is 1.20. The number of hydrogen-bond acceptors (Lipinski definition) is 4. The largest absolute Gasteiger partial charge is 0.393 e. The highest BCUT2D eigenvalue weighted by atomic mass is 17.1. The first-order chi connectivity index (χ1) is 5.54. The molecule has 4 nitrogen and oxygen atoms in total. The number of ether oxygens (including phenoxy) is 1. The molecule has 0 bridgehead atoms. The Bertz CT molecular complexity index is 131. The van der Waals surface area contributed by atoms with Gasteiger partial charge in [-0.25, -0.2) is 4.89 Å². The van der Waals surface area contributed by atoms with Gasteiger partial charge < -0.3 is 9.84 Å². The first-order valence-corrected chi connectivity index (χ1v) is 4.11. The molecular formula is C8H16O4. The van der Waals surface area contributed by atoms with Gasteiger partial charge >= 0.3 is 0 Å². The van der Waals surface area contributed by atoms with Crippen molar-refractivity contribution in [1.29, 1.82) is 0 Å². The van der Waals surface area contributed by atoms with Gasteiger partial charge in [0.25, 0.3) is 0 Å². The van der Waals surface area contributed by atoms with E-state index < -0.39 is 11.2 Å². The molecule has 2 N–H and O–H groups in total. The van der Waals surface area contributed by atoms with Gasteiger partial charge in [-0.15, -0.1) is 0 Å². The topological polar surface area (TPSA) is 58.9 Å². The summed E-state index contributed by atoms with van der Waals surface area (Å²) in [4.78, 5) is 4.31. The van der Waals surface area contributed by atoms with Crippen LogP contribution in [0.1, 0.15) is 26.7 Å². The van der Waals surface area contributed by atoms with Crippen LogP contribution in [0.15, 0.2) is 0 Å². The predicted octanol–water partition coefficient (Wildman–Crippen LogP) is 0.796. The zero-order valence-corrected chi connectivity index (χ0v) is 7.54. The van der Waals surface area contributed by atoms with Gasteiger partial charge in [-0.3, -0.25) is 5.26 Å². The SMILES string of the molecule is C[C@@]1(OO)CC[C@@](C)(CO)OC1. The van der Waals surface area contributed by atoms with Crippen LogP contribution in [-0.2, 0) is 9.62 Å². The third-order valence-corrected chi connectivity index (χ3v) is 2.46. The van der Waals surface area contributed by atoms with E-state index in [-0.39, 0.29) is 6.61 Å². The maximum Gasteiger partial charge on any atom is 0.124 e. The molecule has 72 valence electrons. The average Bonchev–Trinajstić information content (AvgIpc) is 2.11. The molecule has 0 aromatic carbocycles. The minimum Gasteiger partial charge on any atom is -0.393 e. The van der Waals surface area contributed by atoms with Crippen LogP contribution in [-0.4, -0.2) is 34.8 Å². The molecule has 0 radical (unpaired) electrons. The maximum atomic E-state index is 8.96. The second-order valence-electron chi connectivity index (χ2n) is 3.94. The summed E-state index contributed by atoms with van der Waals surface area (Å²) in [6, 6.07) is 0. The highest BCUT2D eigenvalue weighted by molar-refractivity contribution is 4.87. The standard InChI is InChI=1S/C8H16O4/c1-7(5-9)3-4-8(2,12-10)6-11-7/h9-10H,3-6H2,1-2H3/t7-,8+/m0/s1. The second kappa shape index (κ2) is 3.30. The van der Waals surface area contributed by atoms with E-state index in [2.05, 4.69) is 4.89 Å². The summed E-state index contributed by atoms with van der Waals surface area (Å²) in [5.74, 6) is 0. The lowest BCUT2D eigenvalue weighted by Crippen LogP contribution is -2.48. The Hall–Kier alpha value is -0.160. The first-order valence-electron chi connectivity index (χ1n) is 4.11. The van der Waals surface area contributed by atoms with Gasteiger partial charge in [0.15, 0.2) is 0 Å². The molecule has 0 spiro atoms. The van der Waals surface area contributed by atoms with Crippen molar-refractivity contribution >= 4 is 0 Å². The molecule has 1 aliphatic heterocycles. The van der Waals surface area contributed by atoms with Gasteiger partial charge in [0, 0.05) is 0 Å². The molecule has 0 aliphatic carbocycles. The third kappa shape index (κ3) is 1.95. The summed E-state index contributed by atoms with van der Waals surface area (Å²) in [5, 5.41) is 17.5. The number of rotatable bonds is 2. The summed E-state index contributed by atoms with van der Waals surface area (Å²) in [6.45, 7) is 3.96. The molecule has 0 amide bonds. The fraction of sp³-hybridized carbons (Fsp3) is 1.00. The molecule has 2 atom stereocenters. The smallest absolute Gasteiger partial charge is 0.124 e. The lowest BCUT2D eigenvalue weighted by Gasteiger charge is -2.40. The van der Waals surface area contributed by atoms with Crippen LogP contribution in [0.25, 0.3) is 0 Å². The van der Waals surface area contributed by atoms with Crippen molar-refractivity contribution < 1.29 is 20.0 Å². The highest BCUT2D eigenvalue weighted by Gasteiger charge is 2.39. The minimum atomic E-state index is -0.602. The van der Waals surface area contributed by atoms with Crippen LogP contribution in [0.3, 0.4) is 0 Å². The van der Waals surface area contributed by atoms with Crippen molar-refractivity contribution in [3.05, 3.63) is 0 Å². The molecule has 0 aromatic rings. The summed E-state index contributed by atoms with van der Waals surface area (Å²) in [6.07, 6.45) is 1.39. The molecule has 1 fully saturated rings. The highest BCUT2D eigenvalue weighted by Crippen LogP contribution is 2.31. The lowest BCUT2D eigenvalue weighted by molar-refractivity contribution is -0.347. The molecule has 1 saturated heterocycles. The van der Waals surface area contributed by atoms with Crippen LogP contribution >= 0.6 is 0 Å². The molecule has 0 unspecified atom stereocenters. The number of hydrogen-bond donors (Lipinski definition) is 2. The van der Waals surface area contributed by atoms with Crippen molar-refractivity contribution in [3.8, 4) is 0 Å². The van der Waals surface area contributed by atoms with Gasteiger partial charge in [-0.1, -0.05) is 0 Å². The Morgan fingerprint density at radius 3 is 2.42 bits per heavy atom. The molecule has 0 aromatic heterocycles. The zero-order chi connectivity index (χ0) is 9.24. The summed E-state index contributed by atoms with van der Waals surface area (Å²) < 4.78 is 5.39. The van der Waals surface area contributed by atoms with Crippen molar-refractivity contribution in [2.24, 2.45) is 0 Å². The van der Waals surface area contributed by atoms with E-state index in [9.17, 15) is 0 Å². The van der Waals surface area contributed by atoms with Gasteiger partial charge in [0.2, 0.25) is 0 Å². The second-order valence-corrected chi connectivity index (χ2v) is 3.94. The van der Waals surface area contributed by atoms with E-state index >= 15 is 0 Å². The Kier molecular flexibility index (Phi) is 2.73.